The average molecular weight is 446 g/mol. The van der Waals surface area contributed by atoms with Crippen molar-refractivity contribution in [1.82, 2.24) is 9.88 Å². The molecule has 1 N–H and O–H groups in total. The first kappa shape index (κ1) is 21.6. The lowest BCUT2D eigenvalue weighted by molar-refractivity contribution is -0.115. The van der Waals surface area contributed by atoms with Gasteiger partial charge in [-0.1, -0.05) is 23.8 Å². The fourth-order valence-electron chi connectivity index (χ4n) is 3.58. The molecule has 0 unspecified atom stereocenters. The molecular formula is C25H23N3O3S. The Morgan fingerprint density at radius 3 is 2.56 bits per heavy atom. The molecule has 1 aliphatic rings. The van der Waals surface area contributed by atoms with E-state index in [1.165, 1.54) is 18.9 Å². The number of nitrogens with one attached hydrogen (secondary N) is 1. The highest BCUT2D eigenvalue weighted by atomic mass is 32.2. The number of carbonyl (C=O) groups is 2. The Bertz CT molecular complexity index is 1270. The summed E-state index contributed by atoms with van der Waals surface area (Å²) in [4.78, 5) is 29.5. The minimum absolute atomic E-state index is 0.168. The first-order valence-electron chi connectivity index (χ1n) is 10.1. The third-order valence-electron chi connectivity index (χ3n) is 5.20. The maximum atomic E-state index is 12.5. The molecule has 4 rings (SSSR count). The van der Waals surface area contributed by atoms with Crippen LogP contribution in [-0.4, -0.2) is 28.7 Å². The summed E-state index contributed by atoms with van der Waals surface area (Å²) in [5.41, 5.74) is 6.19. The normalized spacial score (nSPS) is 15.9. The van der Waals surface area contributed by atoms with Gasteiger partial charge in [-0.25, -0.2) is 9.79 Å². The number of amides is 1. The fourth-order valence-corrected chi connectivity index (χ4v) is 4.41. The van der Waals surface area contributed by atoms with E-state index in [0.29, 0.717) is 15.6 Å². The maximum absolute atomic E-state index is 12.5. The lowest BCUT2D eigenvalue weighted by Crippen LogP contribution is -2.19. The Balaban J connectivity index is 1.64. The first-order valence-corrected chi connectivity index (χ1v) is 10.9. The number of aromatic nitrogens is 1. The van der Waals surface area contributed by atoms with Gasteiger partial charge in [-0.15, -0.1) is 0 Å². The van der Waals surface area contributed by atoms with Crippen LogP contribution in [0.4, 0.5) is 5.69 Å². The number of hydrogen-bond acceptors (Lipinski definition) is 5. The van der Waals surface area contributed by atoms with Gasteiger partial charge in [-0.2, -0.15) is 0 Å². The predicted molar refractivity (Wildman–Crippen MR) is 129 cm³/mol. The average Bonchev–Trinajstić information content (AvgIpc) is 3.27. The molecular weight excluding hydrogens is 422 g/mol. The van der Waals surface area contributed by atoms with Crippen LogP contribution in [0.5, 0.6) is 0 Å². The van der Waals surface area contributed by atoms with Gasteiger partial charge in [0.25, 0.3) is 5.91 Å². The van der Waals surface area contributed by atoms with Crippen molar-refractivity contribution in [2.24, 2.45) is 4.99 Å². The molecule has 0 bridgehead atoms. The number of thioether (sulfide) groups is 1. The summed E-state index contributed by atoms with van der Waals surface area (Å²) in [6, 6.07) is 17.1. The van der Waals surface area contributed by atoms with Crippen LogP contribution >= 0.6 is 11.8 Å². The zero-order valence-corrected chi connectivity index (χ0v) is 19.1. The minimum atomic E-state index is -0.379. The van der Waals surface area contributed by atoms with Crippen molar-refractivity contribution in [1.29, 1.82) is 0 Å². The van der Waals surface area contributed by atoms with E-state index in [9.17, 15) is 9.59 Å². The smallest absolute Gasteiger partial charge is 0.337 e. The predicted octanol–water partition coefficient (Wildman–Crippen LogP) is 5.08. The SMILES string of the molecule is COC(=O)c1cccc(-n2c(C)cc(/C=C3/SC(=Nc4ccc(C)cc4)NC3=O)c2C)c1. The van der Waals surface area contributed by atoms with E-state index in [-0.39, 0.29) is 11.9 Å². The Hall–Kier alpha value is -3.58. The molecule has 32 heavy (non-hydrogen) atoms. The molecule has 1 saturated heterocycles. The number of ether oxygens (including phenoxy) is 1. The van der Waals surface area contributed by atoms with Gasteiger partial charge in [0.05, 0.1) is 23.3 Å². The van der Waals surface area contributed by atoms with Crippen molar-refractivity contribution in [3.05, 3.63) is 87.6 Å². The number of benzene rings is 2. The number of rotatable bonds is 4. The van der Waals surface area contributed by atoms with E-state index in [2.05, 4.69) is 14.9 Å². The lowest BCUT2D eigenvalue weighted by atomic mass is 10.2. The Morgan fingerprint density at radius 2 is 1.84 bits per heavy atom. The second-order valence-electron chi connectivity index (χ2n) is 7.52. The first-order chi connectivity index (χ1) is 15.4. The Labute approximate surface area is 191 Å². The molecule has 1 aliphatic heterocycles. The van der Waals surface area contributed by atoms with Gasteiger partial charge in [0.2, 0.25) is 0 Å². The van der Waals surface area contributed by atoms with Gasteiger partial charge in [0, 0.05) is 17.1 Å². The molecule has 1 aromatic heterocycles. The van der Waals surface area contributed by atoms with Crippen molar-refractivity contribution >= 4 is 40.6 Å². The van der Waals surface area contributed by atoms with Gasteiger partial charge in [0.1, 0.15) is 0 Å². The summed E-state index contributed by atoms with van der Waals surface area (Å²) in [6.07, 6.45) is 1.88. The third kappa shape index (κ3) is 4.38. The van der Waals surface area contributed by atoms with Crippen molar-refractivity contribution in [2.45, 2.75) is 20.8 Å². The van der Waals surface area contributed by atoms with Gasteiger partial charge in [-0.3, -0.25) is 4.79 Å². The third-order valence-corrected chi connectivity index (χ3v) is 6.11. The quantitative estimate of drug-likeness (QED) is 0.449. The molecule has 3 aromatic rings. The summed E-state index contributed by atoms with van der Waals surface area (Å²) in [6.45, 7) is 6.00. The molecule has 0 atom stereocenters. The molecule has 7 heteroatoms. The monoisotopic (exact) mass is 445 g/mol. The Kier molecular flexibility index (Phi) is 6.01. The van der Waals surface area contributed by atoms with E-state index >= 15 is 0 Å². The highest BCUT2D eigenvalue weighted by Crippen LogP contribution is 2.30. The summed E-state index contributed by atoms with van der Waals surface area (Å²) >= 11 is 1.32. The second kappa shape index (κ2) is 8.88. The van der Waals surface area contributed by atoms with Gasteiger partial charge in [0.15, 0.2) is 5.17 Å². The maximum Gasteiger partial charge on any atom is 0.337 e. The summed E-state index contributed by atoms with van der Waals surface area (Å²) in [5.74, 6) is -0.547. The lowest BCUT2D eigenvalue weighted by Gasteiger charge is -2.11. The molecule has 2 heterocycles. The van der Waals surface area contributed by atoms with E-state index in [1.807, 2.05) is 69.3 Å². The molecule has 6 nitrogen and oxygen atoms in total. The molecule has 0 spiro atoms. The van der Waals surface area contributed by atoms with Crippen LogP contribution in [-0.2, 0) is 9.53 Å². The van der Waals surface area contributed by atoms with Crippen LogP contribution in [0.3, 0.4) is 0 Å². The number of hydrogen-bond donors (Lipinski definition) is 1. The van der Waals surface area contributed by atoms with Crippen molar-refractivity contribution in [3.8, 4) is 5.69 Å². The number of amidine groups is 1. The number of carbonyl (C=O) groups excluding carboxylic acids is 2. The number of nitrogens with zero attached hydrogens (tertiary/aromatic N) is 2. The van der Waals surface area contributed by atoms with Crippen molar-refractivity contribution in [2.75, 3.05) is 7.11 Å². The molecule has 0 saturated carbocycles. The summed E-state index contributed by atoms with van der Waals surface area (Å²) in [5, 5.41) is 3.39. The summed E-state index contributed by atoms with van der Waals surface area (Å²) < 4.78 is 6.89. The number of methoxy groups -OCH3 is 1. The standard InChI is InChI=1S/C25H23N3O3S/c1-15-8-10-20(11-9-15)26-25-27-23(29)22(32-25)14-19-12-16(2)28(17(19)3)21-7-5-6-18(13-21)24(30)31-4/h5-14H,1-4H3,(H,26,27,29)/b22-14+. The molecule has 0 aliphatic carbocycles. The van der Waals surface area contributed by atoms with Crippen LogP contribution in [0.25, 0.3) is 11.8 Å². The van der Waals surface area contributed by atoms with Gasteiger partial charge in [-0.05, 0) is 80.6 Å². The zero-order valence-electron chi connectivity index (χ0n) is 18.3. The second-order valence-corrected chi connectivity index (χ2v) is 8.55. The largest absolute Gasteiger partial charge is 0.465 e. The molecule has 1 amide bonds. The number of aryl methyl sites for hydroxylation is 2. The van der Waals surface area contributed by atoms with Crippen LogP contribution in [0.15, 0.2) is 64.5 Å². The van der Waals surface area contributed by atoms with Crippen molar-refractivity contribution in [3.63, 3.8) is 0 Å². The van der Waals surface area contributed by atoms with Crippen LogP contribution in [0.2, 0.25) is 0 Å². The van der Waals surface area contributed by atoms with E-state index in [0.717, 1.165) is 33.9 Å². The number of esters is 1. The van der Waals surface area contributed by atoms with E-state index in [4.69, 9.17) is 4.74 Å². The molecule has 2 aromatic carbocycles. The fraction of sp³-hybridized carbons (Fsp3) is 0.160. The van der Waals surface area contributed by atoms with Crippen LogP contribution in [0.1, 0.15) is 32.9 Å². The van der Waals surface area contributed by atoms with Crippen LogP contribution in [0, 0.1) is 20.8 Å². The highest BCUT2D eigenvalue weighted by Gasteiger charge is 2.24. The topological polar surface area (TPSA) is 72.7 Å². The van der Waals surface area contributed by atoms with Gasteiger partial charge >= 0.3 is 5.97 Å². The van der Waals surface area contributed by atoms with Gasteiger partial charge < -0.3 is 14.6 Å². The Morgan fingerprint density at radius 1 is 1.09 bits per heavy atom. The summed E-state index contributed by atoms with van der Waals surface area (Å²) in [7, 11) is 1.37. The molecule has 1 fully saturated rings. The molecule has 0 radical (unpaired) electrons. The van der Waals surface area contributed by atoms with Crippen molar-refractivity contribution < 1.29 is 14.3 Å². The molecule has 162 valence electrons. The van der Waals surface area contributed by atoms with Crippen LogP contribution < -0.4 is 5.32 Å². The zero-order chi connectivity index (χ0) is 22.8. The minimum Gasteiger partial charge on any atom is -0.465 e. The highest BCUT2D eigenvalue weighted by molar-refractivity contribution is 8.18. The van der Waals surface area contributed by atoms with E-state index in [1.54, 1.807) is 12.1 Å². The van der Waals surface area contributed by atoms with E-state index < -0.39 is 0 Å². The number of aliphatic imine (C=N–C) groups is 1.